The maximum Gasteiger partial charge on any atom is 0.319 e. The van der Waals surface area contributed by atoms with Gasteiger partial charge in [-0.05, 0) is 57.9 Å². The molecule has 0 radical (unpaired) electrons. The number of ether oxygens (including phenoxy) is 2. The maximum absolute atomic E-state index is 12.4. The summed E-state index contributed by atoms with van der Waals surface area (Å²) in [5.41, 5.74) is 3.23. The van der Waals surface area contributed by atoms with Crippen molar-refractivity contribution in [1.29, 1.82) is 0 Å². The number of carbonyl (C=O) groups excluding carboxylic acids is 2. The van der Waals surface area contributed by atoms with E-state index in [4.69, 9.17) is 9.47 Å². The van der Waals surface area contributed by atoms with Crippen molar-refractivity contribution >= 4 is 45.0 Å². The van der Waals surface area contributed by atoms with Crippen LogP contribution < -0.4 is 30.7 Å². The summed E-state index contributed by atoms with van der Waals surface area (Å²) in [5.74, 6) is 1.34. The van der Waals surface area contributed by atoms with Crippen LogP contribution in [0.15, 0.2) is 133 Å². The van der Waals surface area contributed by atoms with E-state index in [9.17, 15) is 9.59 Å². The van der Waals surface area contributed by atoms with E-state index in [1.54, 1.807) is 0 Å². The topological polar surface area (TPSA) is 101 Å². The molecule has 6 aromatic rings. The lowest BCUT2D eigenvalue weighted by molar-refractivity contribution is 0.246. The second-order valence-corrected chi connectivity index (χ2v) is 10.5. The Kier molecular flexibility index (Phi) is 9.55. The second-order valence-electron chi connectivity index (χ2n) is 10.5. The molecular formula is C38H34N4O4. The van der Waals surface area contributed by atoms with Crippen LogP contribution >= 0.6 is 0 Å². The van der Waals surface area contributed by atoms with E-state index in [0.717, 1.165) is 32.7 Å². The Morgan fingerprint density at radius 2 is 0.848 bits per heavy atom. The number of fused-ring (bicyclic) bond motifs is 2. The molecule has 0 heterocycles. The number of hydrogen-bond acceptors (Lipinski definition) is 4. The highest BCUT2D eigenvalue weighted by molar-refractivity contribution is 6.09. The molecule has 8 nitrogen and oxygen atoms in total. The van der Waals surface area contributed by atoms with Crippen LogP contribution in [0.3, 0.4) is 0 Å². The number of hydrogen-bond donors (Lipinski definition) is 4. The van der Waals surface area contributed by atoms with Crippen LogP contribution in [0.25, 0.3) is 32.7 Å². The van der Waals surface area contributed by atoms with Crippen LogP contribution in [0.1, 0.15) is 0 Å². The number of anilines is 2. The average molecular weight is 611 g/mol. The van der Waals surface area contributed by atoms with E-state index in [0.29, 0.717) is 36.0 Å². The SMILES string of the molecule is O=C(NCCOc1ccc2ccccc2c1-c1c(OCCNC(=O)Nc2ccccc2)ccc2ccccc12)Nc1ccccc1. The van der Waals surface area contributed by atoms with Crippen LogP contribution in [-0.4, -0.2) is 38.4 Å². The zero-order chi connectivity index (χ0) is 31.6. The van der Waals surface area contributed by atoms with Crippen molar-refractivity contribution in [1.82, 2.24) is 10.6 Å². The molecule has 6 aromatic carbocycles. The maximum atomic E-state index is 12.4. The molecule has 0 fully saturated rings. The van der Waals surface area contributed by atoms with Gasteiger partial charge in [0.25, 0.3) is 0 Å². The van der Waals surface area contributed by atoms with Gasteiger partial charge in [-0.1, -0.05) is 97.1 Å². The number of amides is 4. The Bertz CT molecular complexity index is 1810. The van der Waals surface area contributed by atoms with Crippen molar-refractivity contribution in [3.63, 3.8) is 0 Å². The lowest BCUT2D eigenvalue weighted by atomic mass is 9.92. The van der Waals surface area contributed by atoms with Gasteiger partial charge in [-0.3, -0.25) is 0 Å². The molecule has 0 aliphatic heterocycles. The van der Waals surface area contributed by atoms with Gasteiger partial charge in [-0.15, -0.1) is 0 Å². The van der Waals surface area contributed by atoms with E-state index >= 15 is 0 Å². The number of benzene rings is 6. The molecule has 4 N–H and O–H groups in total. The standard InChI is InChI=1S/C38H34N4O4/c43-37(41-29-13-3-1-4-14-29)39-23-25-45-33-21-19-27-11-7-9-17-31(27)35(33)36-32-18-10-8-12-28(32)20-22-34(36)46-26-24-40-38(44)42-30-15-5-2-6-16-30/h1-22H,23-26H2,(H2,39,41,43)(H2,40,42,44). The van der Waals surface area contributed by atoms with Gasteiger partial charge in [0.2, 0.25) is 0 Å². The monoisotopic (exact) mass is 610 g/mol. The second kappa shape index (κ2) is 14.6. The number of para-hydroxylation sites is 2. The molecule has 4 amide bonds. The summed E-state index contributed by atoms with van der Waals surface area (Å²) < 4.78 is 12.7. The van der Waals surface area contributed by atoms with Crippen molar-refractivity contribution < 1.29 is 19.1 Å². The third-order valence-electron chi connectivity index (χ3n) is 7.39. The molecule has 230 valence electrons. The zero-order valence-electron chi connectivity index (χ0n) is 25.2. The average Bonchev–Trinajstić information content (AvgIpc) is 3.09. The fraction of sp³-hybridized carbons (Fsp3) is 0.105. The third-order valence-corrected chi connectivity index (χ3v) is 7.39. The fourth-order valence-corrected chi connectivity index (χ4v) is 5.30. The van der Waals surface area contributed by atoms with Crippen molar-refractivity contribution in [2.45, 2.75) is 0 Å². The summed E-state index contributed by atoms with van der Waals surface area (Å²) in [7, 11) is 0. The first-order chi connectivity index (χ1) is 22.7. The van der Waals surface area contributed by atoms with E-state index in [-0.39, 0.29) is 25.3 Å². The third kappa shape index (κ3) is 7.36. The number of carbonyl (C=O) groups is 2. The summed E-state index contributed by atoms with van der Waals surface area (Å²) in [6.07, 6.45) is 0. The highest BCUT2D eigenvalue weighted by atomic mass is 16.5. The molecule has 46 heavy (non-hydrogen) atoms. The van der Waals surface area contributed by atoms with Crippen LogP contribution in [0.4, 0.5) is 21.0 Å². The lowest BCUT2D eigenvalue weighted by Crippen LogP contribution is -2.32. The van der Waals surface area contributed by atoms with Crippen LogP contribution in [-0.2, 0) is 0 Å². The van der Waals surface area contributed by atoms with Crippen LogP contribution in [0.2, 0.25) is 0 Å². The molecule has 0 atom stereocenters. The highest BCUT2D eigenvalue weighted by Gasteiger charge is 2.19. The first-order valence-corrected chi connectivity index (χ1v) is 15.1. The summed E-state index contributed by atoms with van der Waals surface area (Å²) in [4.78, 5) is 24.8. The molecule has 0 saturated carbocycles. The molecule has 0 unspecified atom stereocenters. The number of rotatable bonds is 11. The normalized spacial score (nSPS) is 10.7. The van der Waals surface area contributed by atoms with Gasteiger partial charge in [0.05, 0.1) is 13.1 Å². The molecule has 6 rings (SSSR count). The summed E-state index contributed by atoms with van der Waals surface area (Å²) in [6, 6.07) is 42.3. The van der Waals surface area contributed by atoms with Crippen molar-refractivity contribution in [2.75, 3.05) is 36.9 Å². The molecule has 0 bridgehead atoms. The summed E-state index contributed by atoms with van der Waals surface area (Å²) >= 11 is 0. The highest BCUT2D eigenvalue weighted by Crippen LogP contribution is 2.45. The molecule has 0 saturated heterocycles. The van der Waals surface area contributed by atoms with Crippen LogP contribution in [0, 0.1) is 0 Å². The minimum absolute atomic E-state index is 0.259. The van der Waals surface area contributed by atoms with E-state index in [2.05, 4.69) is 45.5 Å². The zero-order valence-corrected chi connectivity index (χ0v) is 25.2. The first kappa shape index (κ1) is 30.0. The Morgan fingerprint density at radius 3 is 1.28 bits per heavy atom. The van der Waals surface area contributed by atoms with Crippen molar-refractivity contribution in [2.24, 2.45) is 0 Å². The minimum atomic E-state index is -0.302. The molecular weight excluding hydrogens is 576 g/mol. The summed E-state index contributed by atoms with van der Waals surface area (Å²) in [5, 5.41) is 15.5. The molecule has 0 aromatic heterocycles. The van der Waals surface area contributed by atoms with E-state index in [1.165, 1.54) is 0 Å². The predicted octanol–water partition coefficient (Wildman–Crippen LogP) is 8.06. The quantitative estimate of drug-likeness (QED) is 0.112. The van der Waals surface area contributed by atoms with Gasteiger partial charge in [0, 0.05) is 22.5 Å². The number of urea groups is 2. The van der Waals surface area contributed by atoms with Crippen molar-refractivity contribution in [3.8, 4) is 22.6 Å². The largest absolute Gasteiger partial charge is 0.491 e. The first-order valence-electron chi connectivity index (χ1n) is 15.1. The van der Waals surface area contributed by atoms with Gasteiger partial charge < -0.3 is 30.7 Å². The fourth-order valence-electron chi connectivity index (χ4n) is 5.30. The van der Waals surface area contributed by atoms with Gasteiger partial charge in [-0.2, -0.15) is 0 Å². The predicted molar refractivity (Wildman–Crippen MR) is 185 cm³/mol. The molecule has 0 spiro atoms. The van der Waals surface area contributed by atoms with Crippen LogP contribution in [0.5, 0.6) is 11.5 Å². The smallest absolute Gasteiger partial charge is 0.319 e. The molecule has 8 heteroatoms. The van der Waals surface area contributed by atoms with E-state index in [1.807, 2.05) is 109 Å². The van der Waals surface area contributed by atoms with Gasteiger partial charge in [0.1, 0.15) is 24.7 Å². The Labute approximate surface area is 267 Å². The minimum Gasteiger partial charge on any atom is -0.491 e. The van der Waals surface area contributed by atoms with E-state index < -0.39 is 0 Å². The van der Waals surface area contributed by atoms with Gasteiger partial charge >= 0.3 is 12.1 Å². The van der Waals surface area contributed by atoms with Gasteiger partial charge in [0.15, 0.2) is 0 Å². The Morgan fingerprint density at radius 1 is 0.457 bits per heavy atom. The molecule has 0 aliphatic carbocycles. The van der Waals surface area contributed by atoms with Gasteiger partial charge in [-0.25, -0.2) is 9.59 Å². The summed E-state index contributed by atoms with van der Waals surface area (Å²) in [6.45, 7) is 1.13. The Hall–Kier alpha value is -6.02. The Balaban J connectivity index is 1.23. The number of nitrogens with one attached hydrogen (secondary N) is 4. The van der Waals surface area contributed by atoms with Crippen molar-refractivity contribution in [3.05, 3.63) is 133 Å². The molecule has 0 aliphatic rings. The lowest BCUT2D eigenvalue weighted by Gasteiger charge is -2.20.